The Morgan fingerprint density at radius 3 is 2.22 bits per heavy atom. The number of nitrogens with zero attached hydrogens (tertiary/aromatic N) is 2. The first-order valence-electron chi connectivity index (χ1n) is 9.04. The van der Waals surface area contributed by atoms with Gasteiger partial charge in [-0.25, -0.2) is 0 Å². The molecule has 2 aromatic rings. The Hall–Kier alpha value is -2.34. The molecule has 3 nitrogen and oxygen atoms in total. The van der Waals surface area contributed by atoms with Crippen molar-refractivity contribution in [2.75, 3.05) is 26.2 Å². The second-order valence-electron chi connectivity index (χ2n) is 6.97. The molecule has 0 bridgehead atoms. The maximum atomic E-state index is 13.1. The van der Waals surface area contributed by atoms with E-state index in [2.05, 4.69) is 0 Å². The highest BCUT2D eigenvalue weighted by molar-refractivity contribution is 5.78. The van der Waals surface area contributed by atoms with Crippen LogP contribution < -0.4 is 0 Å². The molecule has 0 unspecified atom stereocenters. The zero-order valence-electron chi connectivity index (χ0n) is 15.3. The number of piperazine rings is 1. The summed E-state index contributed by atoms with van der Waals surface area (Å²) >= 11 is 0. The Bertz CT molecular complexity index is 779. The third-order valence-corrected chi connectivity index (χ3v) is 4.92. The van der Waals surface area contributed by atoms with Crippen molar-refractivity contribution in [2.45, 2.75) is 26.1 Å². The van der Waals surface area contributed by atoms with Gasteiger partial charge < -0.3 is 4.90 Å². The molecule has 1 aliphatic heterocycles. The lowest BCUT2D eigenvalue weighted by Gasteiger charge is -2.35. The van der Waals surface area contributed by atoms with Crippen molar-refractivity contribution in [1.82, 2.24) is 9.80 Å². The first kappa shape index (κ1) is 19.4. The molecule has 144 valence electrons. The fourth-order valence-electron chi connectivity index (χ4n) is 3.32. The molecule has 0 N–H and O–H groups in total. The van der Waals surface area contributed by atoms with Crippen LogP contribution in [0.1, 0.15) is 22.3 Å². The smallest absolute Gasteiger partial charge is 0.340 e. The Morgan fingerprint density at radius 2 is 1.59 bits per heavy atom. The molecule has 0 aromatic heterocycles. The molecule has 27 heavy (non-hydrogen) atoms. The zero-order chi connectivity index (χ0) is 19.4. The molecular weight excluding hydrogens is 353 g/mol. The number of benzene rings is 2. The van der Waals surface area contributed by atoms with Gasteiger partial charge in [-0.15, -0.1) is 0 Å². The van der Waals surface area contributed by atoms with E-state index in [1.807, 2.05) is 36.1 Å². The Morgan fingerprint density at radius 1 is 0.963 bits per heavy atom. The van der Waals surface area contributed by atoms with Crippen LogP contribution in [0.3, 0.4) is 0 Å². The Balaban J connectivity index is 1.55. The minimum atomic E-state index is -4.34. The van der Waals surface area contributed by atoms with Gasteiger partial charge in [0.2, 0.25) is 5.91 Å². The van der Waals surface area contributed by atoms with Gasteiger partial charge in [0.25, 0.3) is 0 Å². The van der Waals surface area contributed by atoms with Crippen LogP contribution in [0.25, 0.3) is 0 Å². The van der Waals surface area contributed by atoms with Crippen LogP contribution >= 0.6 is 0 Å². The highest BCUT2D eigenvalue weighted by Crippen LogP contribution is 2.32. The lowest BCUT2D eigenvalue weighted by atomic mass is 10.1. The SMILES string of the molecule is Cc1ccc(CC(=O)N2CCN(Cc3ccccc3C(F)(F)F)CC2)cc1. The molecular formula is C21H23F3N2O. The van der Waals surface area contributed by atoms with E-state index in [-0.39, 0.29) is 18.0 Å². The summed E-state index contributed by atoms with van der Waals surface area (Å²) in [4.78, 5) is 16.2. The molecule has 2 aromatic carbocycles. The highest BCUT2D eigenvalue weighted by atomic mass is 19.4. The summed E-state index contributed by atoms with van der Waals surface area (Å²) in [5.74, 6) is 0.0641. The molecule has 0 saturated carbocycles. The van der Waals surface area contributed by atoms with Crippen LogP contribution in [0.5, 0.6) is 0 Å². The molecule has 1 heterocycles. The third kappa shape index (κ3) is 5.10. The molecule has 0 atom stereocenters. The van der Waals surface area contributed by atoms with Crippen LogP contribution in [-0.4, -0.2) is 41.9 Å². The minimum absolute atomic E-state index is 0.0641. The fraction of sp³-hybridized carbons (Fsp3) is 0.381. The highest BCUT2D eigenvalue weighted by Gasteiger charge is 2.33. The van der Waals surface area contributed by atoms with Crippen molar-refractivity contribution in [1.29, 1.82) is 0 Å². The van der Waals surface area contributed by atoms with Crippen molar-refractivity contribution in [2.24, 2.45) is 0 Å². The topological polar surface area (TPSA) is 23.6 Å². The first-order valence-corrected chi connectivity index (χ1v) is 9.04. The largest absolute Gasteiger partial charge is 0.416 e. The van der Waals surface area contributed by atoms with Gasteiger partial charge in [-0.3, -0.25) is 9.69 Å². The number of hydrogen-bond donors (Lipinski definition) is 0. The number of carbonyl (C=O) groups excluding carboxylic acids is 1. The van der Waals surface area contributed by atoms with Gasteiger partial charge in [-0.1, -0.05) is 48.0 Å². The van der Waals surface area contributed by atoms with Crippen LogP contribution in [0.4, 0.5) is 13.2 Å². The van der Waals surface area contributed by atoms with Crippen LogP contribution in [0.2, 0.25) is 0 Å². The number of halogens is 3. The maximum absolute atomic E-state index is 13.1. The predicted molar refractivity (Wildman–Crippen MR) is 98.2 cm³/mol. The van der Waals surface area contributed by atoms with Crippen molar-refractivity contribution in [3.8, 4) is 0 Å². The summed E-state index contributed by atoms with van der Waals surface area (Å²) in [5.41, 5.74) is 1.83. The summed E-state index contributed by atoms with van der Waals surface area (Å²) in [6.07, 6.45) is -3.99. The Labute approximate surface area is 157 Å². The normalized spacial score (nSPS) is 15.8. The van der Waals surface area contributed by atoms with Gasteiger partial charge >= 0.3 is 6.18 Å². The molecule has 0 spiro atoms. The van der Waals surface area contributed by atoms with Crippen molar-refractivity contribution >= 4 is 5.91 Å². The zero-order valence-corrected chi connectivity index (χ0v) is 15.3. The van der Waals surface area contributed by atoms with Gasteiger partial charge in [0.15, 0.2) is 0 Å². The van der Waals surface area contributed by atoms with E-state index in [0.29, 0.717) is 32.6 Å². The summed E-state index contributed by atoms with van der Waals surface area (Å²) in [6.45, 7) is 4.48. The number of hydrogen-bond acceptors (Lipinski definition) is 2. The quantitative estimate of drug-likeness (QED) is 0.808. The van der Waals surface area contributed by atoms with Crippen molar-refractivity contribution < 1.29 is 18.0 Å². The molecule has 1 saturated heterocycles. The maximum Gasteiger partial charge on any atom is 0.416 e. The van der Waals surface area contributed by atoms with E-state index in [1.54, 1.807) is 11.0 Å². The minimum Gasteiger partial charge on any atom is -0.340 e. The number of alkyl halides is 3. The molecule has 1 fully saturated rings. The molecule has 0 radical (unpaired) electrons. The lowest BCUT2D eigenvalue weighted by molar-refractivity contribution is -0.138. The fourth-order valence-corrected chi connectivity index (χ4v) is 3.32. The number of rotatable bonds is 4. The van der Waals surface area contributed by atoms with Crippen LogP contribution in [0.15, 0.2) is 48.5 Å². The van der Waals surface area contributed by atoms with Crippen molar-refractivity contribution in [3.05, 3.63) is 70.8 Å². The second-order valence-corrected chi connectivity index (χ2v) is 6.97. The molecule has 6 heteroatoms. The predicted octanol–water partition coefficient (Wildman–Crippen LogP) is 3.90. The molecule has 0 aliphatic carbocycles. The lowest BCUT2D eigenvalue weighted by Crippen LogP contribution is -2.48. The van der Waals surface area contributed by atoms with E-state index in [4.69, 9.17) is 0 Å². The number of carbonyl (C=O) groups is 1. The van der Waals surface area contributed by atoms with E-state index in [9.17, 15) is 18.0 Å². The average molecular weight is 376 g/mol. The monoisotopic (exact) mass is 376 g/mol. The van der Waals surface area contributed by atoms with Crippen LogP contribution in [0, 0.1) is 6.92 Å². The van der Waals surface area contributed by atoms with E-state index < -0.39 is 11.7 Å². The van der Waals surface area contributed by atoms with Gasteiger partial charge in [0.1, 0.15) is 0 Å². The number of amides is 1. The standard InChI is InChI=1S/C21H23F3N2O/c1-16-6-8-17(9-7-16)14-20(27)26-12-10-25(11-13-26)15-18-4-2-3-5-19(18)21(22,23)24/h2-9H,10-15H2,1H3. The summed E-state index contributed by atoms with van der Waals surface area (Å²) in [7, 11) is 0. The Kier molecular flexibility index (Phi) is 5.85. The van der Waals surface area contributed by atoms with Gasteiger partial charge in [-0.05, 0) is 24.1 Å². The van der Waals surface area contributed by atoms with E-state index in [1.165, 1.54) is 12.1 Å². The van der Waals surface area contributed by atoms with Gasteiger partial charge in [0.05, 0.1) is 12.0 Å². The molecule has 1 amide bonds. The van der Waals surface area contributed by atoms with Gasteiger partial charge in [-0.2, -0.15) is 13.2 Å². The third-order valence-electron chi connectivity index (χ3n) is 4.92. The number of aryl methyl sites for hydroxylation is 1. The van der Waals surface area contributed by atoms with Gasteiger partial charge in [0, 0.05) is 32.7 Å². The van der Waals surface area contributed by atoms with E-state index >= 15 is 0 Å². The van der Waals surface area contributed by atoms with Crippen molar-refractivity contribution in [3.63, 3.8) is 0 Å². The molecule has 1 aliphatic rings. The van der Waals surface area contributed by atoms with E-state index in [0.717, 1.165) is 17.2 Å². The average Bonchev–Trinajstić information content (AvgIpc) is 2.64. The summed E-state index contributed by atoms with van der Waals surface area (Å²) < 4.78 is 39.4. The summed E-state index contributed by atoms with van der Waals surface area (Å²) in [5, 5.41) is 0. The molecule has 3 rings (SSSR count). The second kappa shape index (κ2) is 8.13. The summed E-state index contributed by atoms with van der Waals surface area (Å²) in [6, 6.07) is 13.6. The van der Waals surface area contributed by atoms with Crippen LogP contribution in [-0.2, 0) is 23.9 Å². The first-order chi connectivity index (χ1) is 12.8.